The molecule has 34 heavy (non-hydrogen) atoms. The molecule has 1 saturated heterocycles. The van der Waals surface area contributed by atoms with Crippen LogP contribution in [0.3, 0.4) is 0 Å². The molecular formula is C24H31N7O3. The van der Waals surface area contributed by atoms with E-state index in [0.717, 1.165) is 41.2 Å². The van der Waals surface area contributed by atoms with E-state index in [1.807, 2.05) is 29.7 Å². The number of hydrogen-bond donors (Lipinski definition) is 1. The molecule has 2 aromatic heterocycles. The Morgan fingerprint density at radius 3 is 2.82 bits per heavy atom. The van der Waals surface area contributed by atoms with Gasteiger partial charge in [0.15, 0.2) is 11.5 Å². The van der Waals surface area contributed by atoms with Crippen molar-refractivity contribution in [3.05, 3.63) is 47.8 Å². The van der Waals surface area contributed by atoms with Gasteiger partial charge in [0.25, 0.3) is 0 Å². The normalized spacial score (nSPS) is 14.4. The van der Waals surface area contributed by atoms with Gasteiger partial charge in [-0.2, -0.15) is 5.10 Å². The summed E-state index contributed by atoms with van der Waals surface area (Å²) in [6.07, 6.45) is 1.38. The van der Waals surface area contributed by atoms with Crippen LogP contribution in [0.4, 0.5) is 16.3 Å². The minimum Gasteiger partial charge on any atom is -0.453 e. The summed E-state index contributed by atoms with van der Waals surface area (Å²) in [7, 11) is 3.08. The predicted molar refractivity (Wildman–Crippen MR) is 133 cm³/mol. The van der Waals surface area contributed by atoms with Crippen LogP contribution in [0.5, 0.6) is 0 Å². The van der Waals surface area contributed by atoms with Gasteiger partial charge in [0.05, 0.1) is 38.0 Å². The largest absolute Gasteiger partial charge is 0.453 e. The molecule has 3 heterocycles. The fraction of sp³-hybridized carbons (Fsp3) is 0.417. The summed E-state index contributed by atoms with van der Waals surface area (Å²) in [4.78, 5) is 25.0. The smallest absolute Gasteiger partial charge is 0.409 e. The van der Waals surface area contributed by atoms with Crippen LogP contribution in [0.25, 0.3) is 11.2 Å². The van der Waals surface area contributed by atoms with Gasteiger partial charge in [0, 0.05) is 39.3 Å². The highest BCUT2D eigenvalue weighted by molar-refractivity contribution is 5.99. The number of imidazole rings is 1. The van der Waals surface area contributed by atoms with E-state index in [4.69, 9.17) is 14.5 Å². The Bertz CT molecular complexity index is 1180. The average Bonchev–Trinajstić information content (AvgIpc) is 3.28. The first-order chi connectivity index (χ1) is 16.5. The Balaban J connectivity index is 1.65. The number of methoxy groups -OCH3 is 1. The molecule has 10 heteroatoms. The van der Waals surface area contributed by atoms with Crippen molar-refractivity contribution in [2.45, 2.75) is 20.4 Å². The van der Waals surface area contributed by atoms with Gasteiger partial charge in [-0.3, -0.25) is 5.43 Å². The number of carbonyl (C=O) groups excluding carboxylic acids is 1. The van der Waals surface area contributed by atoms with Gasteiger partial charge >= 0.3 is 6.09 Å². The number of likely N-dealkylation sites (N-methyl/N-ethyl adjacent to an activating group) is 1. The molecule has 0 spiro atoms. The molecule has 0 saturated carbocycles. The second-order valence-electron chi connectivity index (χ2n) is 8.31. The van der Waals surface area contributed by atoms with Gasteiger partial charge in [-0.05, 0) is 19.4 Å². The first kappa shape index (κ1) is 23.5. The van der Waals surface area contributed by atoms with Gasteiger partial charge in [-0.1, -0.05) is 29.8 Å². The summed E-state index contributed by atoms with van der Waals surface area (Å²) in [6, 6.07) is 10.2. The quantitative estimate of drug-likeness (QED) is 0.423. The van der Waals surface area contributed by atoms with E-state index in [-0.39, 0.29) is 6.09 Å². The maximum Gasteiger partial charge on any atom is 0.409 e. The van der Waals surface area contributed by atoms with Crippen molar-refractivity contribution in [3.63, 3.8) is 0 Å². The lowest BCUT2D eigenvalue weighted by Gasteiger charge is -2.29. The van der Waals surface area contributed by atoms with Crippen molar-refractivity contribution in [1.82, 2.24) is 19.4 Å². The lowest BCUT2D eigenvalue weighted by molar-refractivity contribution is 0.123. The van der Waals surface area contributed by atoms with E-state index in [1.165, 1.54) is 17.6 Å². The molecule has 1 amide bonds. The molecule has 1 N–H and O–H groups in total. The number of morpholine rings is 1. The number of benzene rings is 1. The van der Waals surface area contributed by atoms with E-state index in [1.54, 1.807) is 13.4 Å². The van der Waals surface area contributed by atoms with Crippen LogP contribution in [0.15, 0.2) is 41.8 Å². The third-order valence-electron chi connectivity index (χ3n) is 5.84. The van der Waals surface area contributed by atoms with Crippen molar-refractivity contribution < 1.29 is 14.3 Å². The Hall–Kier alpha value is -3.66. The number of nitrogens with one attached hydrogen (secondary N) is 1. The molecule has 1 aliphatic heterocycles. The molecule has 0 atom stereocenters. The van der Waals surface area contributed by atoms with Crippen molar-refractivity contribution in [2.75, 3.05) is 57.3 Å². The lowest BCUT2D eigenvalue weighted by Crippen LogP contribution is -2.36. The number of pyridine rings is 1. The van der Waals surface area contributed by atoms with Crippen LogP contribution < -0.4 is 10.3 Å². The number of aryl methyl sites for hydroxylation is 1. The van der Waals surface area contributed by atoms with Crippen molar-refractivity contribution in [2.24, 2.45) is 5.10 Å². The molecular weight excluding hydrogens is 434 g/mol. The number of fused-ring (bicyclic) bond motifs is 1. The summed E-state index contributed by atoms with van der Waals surface area (Å²) >= 11 is 0. The van der Waals surface area contributed by atoms with E-state index < -0.39 is 0 Å². The second kappa shape index (κ2) is 10.5. The molecule has 3 aromatic rings. The zero-order valence-electron chi connectivity index (χ0n) is 20.1. The Kier molecular flexibility index (Phi) is 7.27. The number of ether oxygens (including phenoxy) is 2. The number of carbonyl (C=O) groups is 1. The van der Waals surface area contributed by atoms with Gasteiger partial charge in [-0.15, -0.1) is 0 Å². The average molecular weight is 466 g/mol. The fourth-order valence-corrected chi connectivity index (χ4v) is 3.86. The monoisotopic (exact) mass is 465 g/mol. The topological polar surface area (TPSA) is 97.1 Å². The van der Waals surface area contributed by atoms with Crippen molar-refractivity contribution in [3.8, 4) is 0 Å². The number of rotatable bonds is 7. The highest BCUT2D eigenvalue weighted by atomic mass is 16.5. The standard InChI is InChI=1S/C24H31N7O3/c1-17-6-5-7-19(14-17)18(2)27-28-21-15-20(30-10-12-34-13-11-30)22-23(26-21)31(16-25-22)9-8-29(3)24(32)33-4/h5-7,14-16H,8-13H2,1-4H3,(H,26,28)/b27-18+. The van der Waals surface area contributed by atoms with E-state index in [9.17, 15) is 4.79 Å². The summed E-state index contributed by atoms with van der Waals surface area (Å²) < 4.78 is 12.3. The molecule has 180 valence electrons. The zero-order valence-corrected chi connectivity index (χ0v) is 20.1. The molecule has 10 nitrogen and oxygen atoms in total. The van der Waals surface area contributed by atoms with Gasteiger partial charge in [0.1, 0.15) is 5.52 Å². The van der Waals surface area contributed by atoms with Crippen LogP contribution in [-0.4, -0.2) is 78.2 Å². The molecule has 0 unspecified atom stereocenters. The number of nitrogens with zero attached hydrogens (tertiary/aromatic N) is 6. The number of anilines is 2. The van der Waals surface area contributed by atoms with Crippen LogP contribution in [0.1, 0.15) is 18.1 Å². The van der Waals surface area contributed by atoms with Gasteiger partial charge in [0.2, 0.25) is 0 Å². The maximum absolute atomic E-state index is 11.8. The first-order valence-corrected chi connectivity index (χ1v) is 11.3. The van der Waals surface area contributed by atoms with Crippen LogP contribution in [0.2, 0.25) is 0 Å². The van der Waals surface area contributed by atoms with Crippen LogP contribution in [-0.2, 0) is 16.0 Å². The molecule has 1 fully saturated rings. The maximum atomic E-state index is 11.8. The molecule has 0 bridgehead atoms. The second-order valence-corrected chi connectivity index (χ2v) is 8.31. The summed E-state index contributed by atoms with van der Waals surface area (Å²) in [5.74, 6) is 0.629. The SMILES string of the molecule is COC(=O)N(C)CCn1cnc2c(N3CCOCC3)cc(N/N=C(\C)c3cccc(C)c3)nc21. The molecule has 0 radical (unpaired) electrons. The number of hydrazone groups is 1. The third kappa shape index (κ3) is 5.28. The molecule has 1 aliphatic rings. The highest BCUT2D eigenvalue weighted by Gasteiger charge is 2.19. The highest BCUT2D eigenvalue weighted by Crippen LogP contribution is 2.28. The number of amides is 1. The Morgan fingerprint density at radius 2 is 2.09 bits per heavy atom. The van der Waals surface area contributed by atoms with Crippen LogP contribution in [0, 0.1) is 6.92 Å². The minimum absolute atomic E-state index is 0.380. The zero-order chi connectivity index (χ0) is 24.1. The fourth-order valence-electron chi connectivity index (χ4n) is 3.86. The molecule has 4 rings (SSSR count). The molecule has 1 aromatic carbocycles. The summed E-state index contributed by atoms with van der Waals surface area (Å²) in [5.41, 5.74) is 8.77. The lowest BCUT2D eigenvalue weighted by atomic mass is 10.1. The number of hydrogen-bond acceptors (Lipinski definition) is 8. The predicted octanol–water partition coefficient (Wildman–Crippen LogP) is 3.11. The van der Waals surface area contributed by atoms with E-state index >= 15 is 0 Å². The Morgan fingerprint density at radius 1 is 1.29 bits per heavy atom. The number of aromatic nitrogens is 3. The third-order valence-corrected chi connectivity index (χ3v) is 5.84. The van der Waals surface area contributed by atoms with Crippen molar-refractivity contribution in [1.29, 1.82) is 0 Å². The van der Waals surface area contributed by atoms with Crippen molar-refractivity contribution >= 4 is 34.5 Å². The van der Waals surface area contributed by atoms with E-state index in [2.05, 4.69) is 39.5 Å². The van der Waals surface area contributed by atoms with Crippen LogP contribution >= 0.6 is 0 Å². The first-order valence-electron chi connectivity index (χ1n) is 11.3. The summed E-state index contributed by atoms with van der Waals surface area (Å²) in [5, 5.41) is 4.58. The van der Waals surface area contributed by atoms with E-state index in [0.29, 0.717) is 32.1 Å². The summed E-state index contributed by atoms with van der Waals surface area (Å²) in [6.45, 7) is 7.93. The van der Waals surface area contributed by atoms with Gasteiger partial charge < -0.3 is 23.8 Å². The Labute approximate surface area is 199 Å². The molecule has 0 aliphatic carbocycles. The van der Waals surface area contributed by atoms with Gasteiger partial charge in [-0.25, -0.2) is 14.8 Å². The minimum atomic E-state index is -0.380.